The number of anilines is 1. The number of aryl methyl sites for hydroxylation is 2. The van der Waals surface area contributed by atoms with Gasteiger partial charge in [0.05, 0.1) is 0 Å². The molecular weight excluding hydrogens is 314 g/mol. The van der Waals surface area contributed by atoms with Crippen LogP contribution in [-0.2, 0) is 13.6 Å². The molecule has 0 bridgehead atoms. The molecule has 1 aromatic heterocycles. The molecule has 0 saturated carbocycles. The van der Waals surface area contributed by atoms with E-state index in [9.17, 15) is 0 Å². The lowest BCUT2D eigenvalue weighted by atomic mass is 10.2. The Morgan fingerprint density at radius 3 is 2.76 bits per heavy atom. The first-order chi connectivity index (χ1) is 12.1. The minimum Gasteiger partial charge on any atom is -0.370 e. The molecule has 0 amide bonds. The molecule has 0 aliphatic carbocycles. The Labute approximate surface area is 150 Å². The molecule has 7 heteroatoms. The Bertz CT molecular complexity index is 678. The fourth-order valence-electron chi connectivity index (χ4n) is 2.56. The van der Waals surface area contributed by atoms with Crippen LogP contribution >= 0.6 is 0 Å². The molecule has 25 heavy (non-hydrogen) atoms. The third-order valence-electron chi connectivity index (χ3n) is 3.95. The van der Waals surface area contributed by atoms with Crippen molar-refractivity contribution in [2.75, 3.05) is 31.1 Å². The monoisotopic (exact) mass is 343 g/mol. The SMILES string of the molecule is CCNC(=NCc1ncnn1C)NCCN(CC)c1cccc(C)c1. The van der Waals surface area contributed by atoms with Crippen LogP contribution in [0.4, 0.5) is 5.69 Å². The van der Waals surface area contributed by atoms with Crippen molar-refractivity contribution in [3.05, 3.63) is 42.0 Å². The molecule has 0 unspecified atom stereocenters. The van der Waals surface area contributed by atoms with E-state index in [1.54, 1.807) is 11.0 Å². The van der Waals surface area contributed by atoms with Gasteiger partial charge in [0.25, 0.3) is 0 Å². The van der Waals surface area contributed by atoms with Gasteiger partial charge in [-0.15, -0.1) is 0 Å². The Morgan fingerprint density at radius 1 is 1.28 bits per heavy atom. The number of hydrogen-bond donors (Lipinski definition) is 2. The van der Waals surface area contributed by atoms with Gasteiger partial charge in [-0.3, -0.25) is 4.68 Å². The van der Waals surface area contributed by atoms with Gasteiger partial charge in [-0.2, -0.15) is 5.10 Å². The summed E-state index contributed by atoms with van der Waals surface area (Å²) in [5.74, 6) is 1.64. The smallest absolute Gasteiger partial charge is 0.191 e. The van der Waals surface area contributed by atoms with Crippen LogP contribution in [0.2, 0.25) is 0 Å². The molecule has 0 atom stereocenters. The summed E-state index contributed by atoms with van der Waals surface area (Å²) in [5.41, 5.74) is 2.54. The maximum atomic E-state index is 4.58. The zero-order valence-corrected chi connectivity index (χ0v) is 15.7. The zero-order valence-electron chi connectivity index (χ0n) is 15.7. The molecule has 1 aromatic carbocycles. The van der Waals surface area contributed by atoms with E-state index in [1.807, 2.05) is 7.05 Å². The van der Waals surface area contributed by atoms with Crippen molar-refractivity contribution in [2.45, 2.75) is 27.3 Å². The van der Waals surface area contributed by atoms with Crippen molar-refractivity contribution in [2.24, 2.45) is 12.0 Å². The Morgan fingerprint density at radius 2 is 2.12 bits per heavy atom. The lowest BCUT2D eigenvalue weighted by Crippen LogP contribution is -2.41. The summed E-state index contributed by atoms with van der Waals surface area (Å²) in [6.07, 6.45) is 1.55. The van der Waals surface area contributed by atoms with E-state index in [-0.39, 0.29) is 0 Å². The summed E-state index contributed by atoms with van der Waals surface area (Å²) in [6.45, 7) is 10.4. The summed E-state index contributed by atoms with van der Waals surface area (Å²) >= 11 is 0. The van der Waals surface area contributed by atoms with E-state index < -0.39 is 0 Å². The highest BCUT2D eigenvalue weighted by Gasteiger charge is 2.05. The second-order valence-electron chi connectivity index (χ2n) is 5.84. The number of nitrogens with one attached hydrogen (secondary N) is 2. The summed E-state index contributed by atoms with van der Waals surface area (Å²) < 4.78 is 1.74. The Hall–Kier alpha value is -2.57. The van der Waals surface area contributed by atoms with E-state index in [1.165, 1.54) is 11.3 Å². The van der Waals surface area contributed by atoms with Crippen LogP contribution in [0.1, 0.15) is 25.2 Å². The Balaban J connectivity index is 1.90. The number of guanidine groups is 1. The van der Waals surface area contributed by atoms with Gasteiger partial charge < -0.3 is 15.5 Å². The normalized spacial score (nSPS) is 11.4. The van der Waals surface area contributed by atoms with E-state index in [2.05, 4.69) is 75.6 Å². The molecule has 0 aliphatic rings. The average molecular weight is 343 g/mol. The number of rotatable bonds is 8. The van der Waals surface area contributed by atoms with Gasteiger partial charge in [-0.1, -0.05) is 12.1 Å². The van der Waals surface area contributed by atoms with Crippen molar-refractivity contribution < 1.29 is 0 Å². The number of aliphatic imine (C=N–C) groups is 1. The number of aromatic nitrogens is 3. The lowest BCUT2D eigenvalue weighted by Gasteiger charge is -2.24. The lowest BCUT2D eigenvalue weighted by molar-refractivity contribution is 0.695. The molecule has 0 radical (unpaired) electrons. The summed E-state index contributed by atoms with van der Waals surface area (Å²) in [4.78, 5) is 11.1. The third-order valence-corrected chi connectivity index (χ3v) is 3.95. The third kappa shape index (κ3) is 5.77. The highest BCUT2D eigenvalue weighted by molar-refractivity contribution is 5.79. The second kappa shape index (κ2) is 9.66. The Kier molecular flexibility index (Phi) is 7.25. The molecule has 0 saturated heterocycles. The number of likely N-dealkylation sites (N-methyl/N-ethyl adjacent to an activating group) is 1. The molecule has 0 fully saturated rings. The van der Waals surface area contributed by atoms with Crippen LogP contribution in [0.25, 0.3) is 0 Å². The highest BCUT2D eigenvalue weighted by Crippen LogP contribution is 2.14. The van der Waals surface area contributed by atoms with Crippen molar-refractivity contribution >= 4 is 11.6 Å². The van der Waals surface area contributed by atoms with E-state index in [0.29, 0.717) is 6.54 Å². The minimum atomic E-state index is 0.501. The summed E-state index contributed by atoms with van der Waals surface area (Å²) in [5, 5.41) is 10.7. The molecular formula is C18H29N7. The number of nitrogens with zero attached hydrogens (tertiary/aromatic N) is 5. The maximum Gasteiger partial charge on any atom is 0.191 e. The summed E-state index contributed by atoms with van der Waals surface area (Å²) in [6, 6.07) is 8.60. The number of benzene rings is 1. The zero-order chi connectivity index (χ0) is 18.1. The van der Waals surface area contributed by atoms with Crippen molar-refractivity contribution in [1.29, 1.82) is 0 Å². The van der Waals surface area contributed by atoms with E-state index in [4.69, 9.17) is 0 Å². The van der Waals surface area contributed by atoms with Crippen LogP contribution in [-0.4, -0.2) is 46.9 Å². The van der Waals surface area contributed by atoms with Crippen LogP contribution in [0, 0.1) is 6.92 Å². The van der Waals surface area contributed by atoms with Gasteiger partial charge in [-0.25, -0.2) is 9.98 Å². The molecule has 2 aromatic rings. The van der Waals surface area contributed by atoms with Gasteiger partial charge in [-0.05, 0) is 38.5 Å². The highest BCUT2D eigenvalue weighted by atomic mass is 15.3. The standard InChI is InChI=1S/C18H29N7/c1-5-19-18(21-13-17-22-14-23-24(17)4)20-10-11-25(6-2)16-9-7-8-15(3)12-16/h7-9,12,14H,5-6,10-11,13H2,1-4H3,(H2,19,20,21). The van der Waals surface area contributed by atoms with Gasteiger partial charge in [0.15, 0.2) is 5.96 Å². The van der Waals surface area contributed by atoms with Gasteiger partial charge in [0.1, 0.15) is 18.7 Å². The fourth-order valence-corrected chi connectivity index (χ4v) is 2.56. The van der Waals surface area contributed by atoms with Crippen LogP contribution in [0.15, 0.2) is 35.6 Å². The van der Waals surface area contributed by atoms with Crippen molar-refractivity contribution in [3.8, 4) is 0 Å². The quantitative estimate of drug-likeness (QED) is 0.564. The largest absolute Gasteiger partial charge is 0.370 e. The van der Waals surface area contributed by atoms with Crippen molar-refractivity contribution in [1.82, 2.24) is 25.4 Å². The first-order valence-electron chi connectivity index (χ1n) is 8.80. The first kappa shape index (κ1) is 18.8. The average Bonchev–Trinajstić information content (AvgIpc) is 3.01. The van der Waals surface area contributed by atoms with Crippen LogP contribution in [0.3, 0.4) is 0 Å². The maximum absolute atomic E-state index is 4.58. The molecule has 0 aliphatic heterocycles. The molecule has 1 heterocycles. The van der Waals surface area contributed by atoms with E-state index in [0.717, 1.165) is 38.0 Å². The first-order valence-corrected chi connectivity index (χ1v) is 8.80. The van der Waals surface area contributed by atoms with Gasteiger partial charge >= 0.3 is 0 Å². The predicted octanol–water partition coefficient (Wildman–Crippen LogP) is 1.71. The topological polar surface area (TPSA) is 70.4 Å². The molecule has 0 spiro atoms. The van der Waals surface area contributed by atoms with E-state index >= 15 is 0 Å². The van der Waals surface area contributed by atoms with Crippen molar-refractivity contribution in [3.63, 3.8) is 0 Å². The summed E-state index contributed by atoms with van der Waals surface area (Å²) in [7, 11) is 1.87. The minimum absolute atomic E-state index is 0.501. The van der Waals surface area contributed by atoms with Gasteiger partial charge in [0.2, 0.25) is 0 Å². The molecule has 7 nitrogen and oxygen atoms in total. The predicted molar refractivity (Wildman–Crippen MR) is 103 cm³/mol. The molecule has 2 N–H and O–H groups in total. The van der Waals surface area contributed by atoms with Crippen LogP contribution in [0.5, 0.6) is 0 Å². The van der Waals surface area contributed by atoms with Crippen LogP contribution < -0.4 is 15.5 Å². The van der Waals surface area contributed by atoms with Gasteiger partial charge in [0, 0.05) is 38.9 Å². The fraction of sp³-hybridized carbons (Fsp3) is 0.500. The second-order valence-corrected chi connectivity index (χ2v) is 5.84. The molecule has 2 rings (SSSR count). The number of hydrogen-bond acceptors (Lipinski definition) is 4. The molecule has 136 valence electrons.